The molecule has 3 N–H and O–H groups in total. The van der Waals surface area contributed by atoms with Gasteiger partial charge in [-0.05, 0) is 43.2 Å². The number of benzene rings is 2. The van der Waals surface area contributed by atoms with Gasteiger partial charge in [-0.25, -0.2) is 4.39 Å². The first-order valence-corrected chi connectivity index (χ1v) is 9.37. The molecule has 0 aromatic heterocycles. The second-order valence-corrected chi connectivity index (χ2v) is 7.03. The minimum Gasteiger partial charge on any atom is -0.391 e. The highest BCUT2D eigenvalue weighted by Gasteiger charge is 2.24. The molecule has 0 saturated carbocycles. The van der Waals surface area contributed by atoms with E-state index in [9.17, 15) is 19.1 Å². The van der Waals surface area contributed by atoms with Gasteiger partial charge in [-0.15, -0.1) is 0 Å². The predicted octanol–water partition coefficient (Wildman–Crippen LogP) is 3.13. The summed E-state index contributed by atoms with van der Waals surface area (Å²) >= 11 is 5.91. The summed E-state index contributed by atoms with van der Waals surface area (Å²) in [5, 5.41) is 15.5. The molecule has 1 aliphatic rings. The SMILES string of the molecule is O=C(CNc1ccccc1C(=O)N1CCCC(O)C1)Nc1ccc(F)cc1Cl. The maximum Gasteiger partial charge on any atom is 0.256 e. The molecule has 1 atom stereocenters. The number of piperidine rings is 1. The molecule has 0 aliphatic carbocycles. The van der Waals surface area contributed by atoms with E-state index >= 15 is 0 Å². The van der Waals surface area contributed by atoms with Crippen LogP contribution in [0.25, 0.3) is 0 Å². The highest BCUT2D eigenvalue weighted by Crippen LogP contribution is 2.23. The van der Waals surface area contributed by atoms with Crippen LogP contribution >= 0.6 is 11.6 Å². The lowest BCUT2D eigenvalue weighted by atomic mass is 10.1. The third-order valence-corrected chi connectivity index (χ3v) is 4.80. The van der Waals surface area contributed by atoms with Gasteiger partial charge in [0, 0.05) is 18.8 Å². The van der Waals surface area contributed by atoms with Crippen molar-refractivity contribution in [1.82, 2.24) is 4.90 Å². The molecular formula is C20H21ClFN3O3. The van der Waals surface area contributed by atoms with E-state index in [1.54, 1.807) is 29.2 Å². The van der Waals surface area contributed by atoms with E-state index in [1.165, 1.54) is 12.1 Å². The zero-order valence-electron chi connectivity index (χ0n) is 15.1. The Morgan fingerprint density at radius 1 is 1.21 bits per heavy atom. The van der Waals surface area contributed by atoms with E-state index in [0.717, 1.165) is 12.5 Å². The zero-order chi connectivity index (χ0) is 20.1. The van der Waals surface area contributed by atoms with Gasteiger partial charge in [0.25, 0.3) is 5.91 Å². The lowest BCUT2D eigenvalue weighted by molar-refractivity contribution is -0.114. The Balaban J connectivity index is 1.64. The Kier molecular flexibility index (Phi) is 6.49. The Hall–Kier alpha value is -2.64. The Morgan fingerprint density at radius 3 is 2.75 bits per heavy atom. The van der Waals surface area contributed by atoms with Gasteiger partial charge in [-0.1, -0.05) is 23.7 Å². The zero-order valence-corrected chi connectivity index (χ0v) is 15.9. The largest absolute Gasteiger partial charge is 0.391 e. The molecule has 0 bridgehead atoms. The summed E-state index contributed by atoms with van der Waals surface area (Å²) in [5.74, 6) is -1.07. The highest BCUT2D eigenvalue weighted by molar-refractivity contribution is 6.33. The third kappa shape index (κ3) is 4.99. The number of nitrogens with zero attached hydrogens (tertiary/aromatic N) is 1. The number of likely N-dealkylation sites (tertiary alicyclic amines) is 1. The van der Waals surface area contributed by atoms with Crippen molar-refractivity contribution in [1.29, 1.82) is 0 Å². The molecule has 2 aromatic carbocycles. The van der Waals surface area contributed by atoms with Crippen LogP contribution in [0.4, 0.5) is 15.8 Å². The van der Waals surface area contributed by atoms with Gasteiger partial charge in [0.15, 0.2) is 0 Å². The topological polar surface area (TPSA) is 81.7 Å². The van der Waals surface area contributed by atoms with Crippen molar-refractivity contribution in [2.24, 2.45) is 0 Å². The number of rotatable bonds is 5. The maximum absolute atomic E-state index is 13.1. The van der Waals surface area contributed by atoms with Crippen molar-refractivity contribution in [2.45, 2.75) is 18.9 Å². The Morgan fingerprint density at radius 2 is 2.00 bits per heavy atom. The number of carbonyl (C=O) groups is 2. The number of amides is 2. The van der Waals surface area contributed by atoms with Crippen molar-refractivity contribution in [3.63, 3.8) is 0 Å². The number of β-amino-alcohol motifs (C(OH)–C–C–N with tert-alkyl or cyclic N) is 1. The van der Waals surface area contributed by atoms with Crippen molar-refractivity contribution in [3.05, 3.63) is 58.9 Å². The Bertz CT molecular complexity index is 878. The Labute approximate surface area is 167 Å². The fourth-order valence-corrected chi connectivity index (χ4v) is 3.31. The van der Waals surface area contributed by atoms with Crippen molar-refractivity contribution in [2.75, 3.05) is 30.3 Å². The number of para-hydroxylation sites is 1. The van der Waals surface area contributed by atoms with E-state index in [-0.39, 0.29) is 23.4 Å². The van der Waals surface area contributed by atoms with Crippen molar-refractivity contribution < 1.29 is 19.1 Å². The smallest absolute Gasteiger partial charge is 0.256 e. The van der Waals surface area contributed by atoms with Gasteiger partial charge in [0.05, 0.1) is 28.9 Å². The summed E-state index contributed by atoms with van der Waals surface area (Å²) < 4.78 is 13.1. The number of carbonyl (C=O) groups excluding carboxylic acids is 2. The van der Waals surface area contributed by atoms with Crippen LogP contribution in [0.2, 0.25) is 5.02 Å². The number of aliphatic hydroxyl groups excluding tert-OH is 1. The summed E-state index contributed by atoms with van der Waals surface area (Å²) in [7, 11) is 0. The molecular weight excluding hydrogens is 385 g/mol. The molecule has 3 rings (SSSR count). The summed E-state index contributed by atoms with van der Waals surface area (Å²) in [6.07, 6.45) is 0.933. The molecule has 8 heteroatoms. The van der Waals surface area contributed by atoms with Crippen LogP contribution < -0.4 is 10.6 Å². The van der Waals surface area contributed by atoms with Crippen molar-refractivity contribution in [3.8, 4) is 0 Å². The van der Waals surface area contributed by atoms with Crippen LogP contribution in [-0.2, 0) is 4.79 Å². The van der Waals surface area contributed by atoms with Crippen LogP contribution in [0, 0.1) is 5.82 Å². The molecule has 1 unspecified atom stereocenters. The van der Waals surface area contributed by atoms with Crippen LogP contribution in [-0.4, -0.2) is 47.6 Å². The van der Waals surface area contributed by atoms with Crippen LogP contribution in [0.5, 0.6) is 0 Å². The molecule has 148 valence electrons. The maximum atomic E-state index is 13.1. The van der Waals surface area contributed by atoms with Crippen LogP contribution in [0.3, 0.4) is 0 Å². The quantitative estimate of drug-likeness (QED) is 0.713. The molecule has 2 amide bonds. The minimum atomic E-state index is -0.510. The lowest BCUT2D eigenvalue weighted by Gasteiger charge is -2.30. The molecule has 0 spiro atoms. The summed E-state index contributed by atoms with van der Waals surface area (Å²) in [5.41, 5.74) is 1.26. The first-order chi connectivity index (χ1) is 13.4. The van der Waals surface area contributed by atoms with Crippen molar-refractivity contribution >= 4 is 34.8 Å². The van der Waals surface area contributed by atoms with E-state index in [2.05, 4.69) is 10.6 Å². The molecule has 1 heterocycles. The predicted molar refractivity (Wildman–Crippen MR) is 106 cm³/mol. The highest BCUT2D eigenvalue weighted by atomic mass is 35.5. The van der Waals surface area contributed by atoms with Gasteiger partial charge in [0.2, 0.25) is 5.91 Å². The number of anilines is 2. The second-order valence-electron chi connectivity index (χ2n) is 6.62. The number of hydrogen-bond donors (Lipinski definition) is 3. The van der Waals surface area contributed by atoms with E-state index < -0.39 is 11.9 Å². The molecule has 28 heavy (non-hydrogen) atoms. The second kappa shape index (κ2) is 9.03. The summed E-state index contributed by atoms with van der Waals surface area (Å²) in [6, 6.07) is 10.6. The van der Waals surface area contributed by atoms with E-state index in [0.29, 0.717) is 36.4 Å². The molecule has 2 aromatic rings. The molecule has 0 radical (unpaired) electrons. The first kappa shape index (κ1) is 20.1. The molecule has 1 fully saturated rings. The van der Waals surface area contributed by atoms with Gasteiger partial charge < -0.3 is 20.6 Å². The summed E-state index contributed by atoms with van der Waals surface area (Å²) in [6.45, 7) is 0.797. The summed E-state index contributed by atoms with van der Waals surface area (Å²) in [4.78, 5) is 26.6. The lowest BCUT2D eigenvalue weighted by Crippen LogP contribution is -2.42. The van der Waals surface area contributed by atoms with Crippen LogP contribution in [0.15, 0.2) is 42.5 Å². The minimum absolute atomic E-state index is 0.0966. The number of halogens is 2. The van der Waals surface area contributed by atoms with Gasteiger partial charge in [-0.2, -0.15) is 0 Å². The van der Waals surface area contributed by atoms with Crippen LogP contribution in [0.1, 0.15) is 23.2 Å². The van der Waals surface area contributed by atoms with Gasteiger partial charge in [-0.3, -0.25) is 9.59 Å². The monoisotopic (exact) mass is 405 g/mol. The first-order valence-electron chi connectivity index (χ1n) is 8.99. The third-order valence-electron chi connectivity index (χ3n) is 4.49. The van der Waals surface area contributed by atoms with E-state index in [1.807, 2.05) is 0 Å². The van der Waals surface area contributed by atoms with Gasteiger partial charge in [0.1, 0.15) is 5.82 Å². The van der Waals surface area contributed by atoms with E-state index in [4.69, 9.17) is 11.6 Å². The average molecular weight is 406 g/mol. The fraction of sp³-hybridized carbons (Fsp3) is 0.300. The number of hydrogen-bond acceptors (Lipinski definition) is 4. The number of nitrogens with one attached hydrogen (secondary N) is 2. The van der Waals surface area contributed by atoms with Gasteiger partial charge >= 0.3 is 0 Å². The fourth-order valence-electron chi connectivity index (χ4n) is 3.09. The normalized spacial score (nSPS) is 16.5. The average Bonchev–Trinajstić information content (AvgIpc) is 2.68. The standard InChI is InChI=1S/C20H21ClFN3O3/c21-16-10-13(22)7-8-18(16)24-19(27)11-23-17-6-2-1-5-15(17)20(28)25-9-3-4-14(26)12-25/h1-2,5-8,10,14,23,26H,3-4,9,11-12H2,(H,24,27). The molecule has 1 saturated heterocycles. The molecule has 1 aliphatic heterocycles. The molecule has 6 nitrogen and oxygen atoms in total. The number of aliphatic hydroxyl groups is 1.